The Morgan fingerprint density at radius 2 is 1.61 bits per heavy atom. The molecule has 0 saturated heterocycles. The van der Waals surface area contributed by atoms with Gasteiger partial charge in [-0.2, -0.15) is 18.3 Å². The number of hydrogen-bond acceptors (Lipinski definition) is 6. The molecule has 4 aromatic rings. The van der Waals surface area contributed by atoms with Gasteiger partial charge in [0.2, 0.25) is 0 Å². The molecule has 0 aliphatic heterocycles. The van der Waals surface area contributed by atoms with Gasteiger partial charge in [0, 0.05) is 34.5 Å². The van der Waals surface area contributed by atoms with Crippen molar-refractivity contribution in [1.82, 2.24) is 10.2 Å². The van der Waals surface area contributed by atoms with E-state index >= 15 is 0 Å². The van der Waals surface area contributed by atoms with Crippen molar-refractivity contribution in [2.75, 3.05) is 26.6 Å². The normalized spacial score (nSPS) is 11.4. The molecular formula is C26H23ClF3N3O3. The molecule has 0 aliphatic carbocycles. The summed E-state index contributed by atoms with van der Waals surface area (Å²) >= 11 is 5.98. The van der Waals surface area contributed by atoms with Gasteiger partial charge in [0.15, 0.2) is 5.82 Å². The van der Waals surface area contributed by atoms with Crippen LogP contribution in [0.3, 0.4) is 0 Å². The summed E-state index contributed by atoms with van der Waals surface area (Å²) in [4.78, 5) is 0. The van der Waals surface area contributed by atoms with Gasteiger partial charge in [-0.15, -0.1) is 5.10 Å². The average Bonchev–Trinajstić information content (AvgIpc) is 2.87. The van der Waals surface area contributed by atoms with Crippen LogP contribution in [0.4, 0.5) is 19.0 Å². The molecule has 0 unspecified atom stereocenters. The van der Waals surface area contributed by atoms with Gasteiger partial charge >= 0.3 is 6.18 Å². The SMILES string of the molecule is COc1ccc(CNc2nnc(C)c3cc(-c4cc(Cl)c(C(F)(F)F)cc4OC)ccc23)c(OC)c1. The highest BCUT2D eigenvalue weighted by atomic mass is 35.5. The third-order valence-electron chi connectivity index (χ3n) is 5.81. The zero-order valence-corrected chi connectivity index (χ0v) is 20.7. The smallest absolute Gasteiger partial charge is 0.417 e. The Balaban J connectivity index is 1.72. The van der Waals surface area contributed by atoms with Crippen molar-refractivity contribution in [3.05, 3.63) is 70.4 Å². The minimum Gasteiger partial charge on any atom is -0.497 e. The molecule has 0 spiro atoms. The van der Waals surface area contributed by atoms with Gasteiger partial charge in [0.25, 0.3) is 0 Å². The number of methoxy groups -OCH3 is 3. The number of fused-ring (bicyclic) bond motifs is 1. The van der Waals surface area contributed by atoms with E-state index in [9.17, 15) is 13.2 Å². The van der Waals surface area contributed by atoms with E-state index in [-0.39, 0.29) is 5.75 Å². The van der Waals surface area contributed by atoms with E-state index in [0.29, 0.717) is 40.7 Å². The van der Waals surface area contributed by atoms with Gasteiger partial charge in [0.1, 0.15) is 17.2 Å². The lowest BCUT2D eigenvalue weighted by Crippen LogP contribution is -2.07. The molecule has 6 nitrogen and oxygen atoms in total. The summed E-state index contributed by atoms with van der Waals surface area (Å²) in [7, 11) is 4.49. The Morgan fingerprint density at radius 3 is 2.28 bits per heavy atom. The van der Waals surface area contributed by atoms with Crippen molar-refractivity contribution < 1.29 is 27.4 Å². The molecule has 1 N–H and O–H groups in total. The number of ether oxygens (including phenoxy) is 3. The van der Waals surface area contributed by atoms with Crippen LogP contribution in [0, 0.1) is 6.92 Å². The van der Waals surface area contributed by atoms with Gasteiger partial charge in [-0.1, -0.05) is 17.7 Å². The Labute approximate surface area is 211 Å². The van der Waals surface area contributed by atoms with Gasteiger partial charge in [-0.3, -0.25) is 0 Å². The number of alkyl halides is 3. The topological polar surface area (TPSA) is 65.5 Å². The number of hydrogen-bond donors (Lipinski definition) is 1. The first-order chi connectivity index (χ1) is 17.2. The quantitative estimate of drug-likeness (QED) is 0.287. The first-order valence-corrected chi connectivity index (χ1v) is 11.2. The van der Waals surface area contributed by atoms with Crippen LogP contribution in [0.5, 0.6) is 17.2 Å². The third kappa shape index (κ3) is 4.97. The lowest BCUT2D eigenvalue weighted by Gasteiger charge is -2.16. The van der Waals surface area contributed by atoms with Crippen LogP contribution in [0.2, 0.25) is 5.02 Å². The summed E-state index contributed by atoms with van der Waals surface area (Å²) in [5.41, 5.74) is 1.68. The largest absolute Gasteiger partial charge is 0.497 e. The number of aryl methyl sites for hydroxylation is 1. The summed E-state index contributed by atoms with van der Waals surface area (Å²) in [6.45, 7) is 2.23. The number of halogens is 4. The molecule has 3 aromatic carbocycles. The van der Waals surface area contributed by atoms with E-state index < -0.39 is 16.8 Å². The Kier molecular flexibility index (Phi) is 7.12. The molecule has 0 bridgehead atoms. The predicted octanol–water partition coefficient (Wildman–Crippen LogP) is 6.92. The lowest BCUT2D eigenvalue weighted by molar-refractivity contribution is -0.137. The van der Waals surface area contributed by atoms with Crippen LogP contribution in [-0.4, -0.2) is 31.5 Å². The van der Waals surface area contributed by atoms with E-state index in [2.05, 4.69) is 15.5 Å². The van der Waals surface area contributed by atoms with Crippen LogP contribution in [-0.2, 0) is 12.7 Å². The third-order valence-corrected chi connectivity index (χ3v) is 6.12. The highest BCUT2D eigenvalue weighted by Gasteiger charge is 2.34. The molecular weight excluding hydrogens is 495 g/mol. The summed E-state index contributed by atoms with van der Waals surface area (Å²) in [6, 6.07) is 13.2. The highest BCUT2D eigenvalue weighted by Crippen LogP contribution is 2.42. The number of anilines is 1. The fraction of sp³-hybridized carbons (Fsp3) is 0.231. The molecule has 36 heavy (non-hydrogen) atoms. The number of benzene rings is 3. The first-order valence-electron chi connectivity index (χ1n) is 10.8. The molecule has 1 heterocycles. The first kappa shape index (κ1) is 25.4. The van der Waals surface area contributed by atoms with Crippen LogP contribution in [0.15, 0.2) is 48.5 Å². The van der Waals surface area contributed by atoms with E-state index in [1.165, 1.54) is 13.2 Å². The van der Waals surface area contributed by atoms with Gasteiger partial charge < -0.3 is 19.5 Å². The van der Waals surface area contributed by atoms with E-state index in [0.717, 1.165) is 22.4 Å². The van der Waals surface area contributed by atoms with Crippen molar-refractivity contribution in [2.45, 2.75) is 19.6 Å². The zero-order chi connectivity index (χ0) is 26.0. The molecule has 10 heteroatoms. The summed E-state index contributed by atoms with van der Waals surface area (Å²) < 4.78 is 55.9. The second kappa shape index (κ2) is 10.1. The molecule has 0 fully saturated rings. The Hall–Kier alpha value is -3.72. The van der Waals surface area contributed by atoms with Crippen molar-refractivity contribution in [3.8, 4) is 28.4 Å². The number of aromatic nitrogens is 2. The maximum atomic E-state index is 13.3. The molecule has 0 amide bonds. The van der Waals surface area contributed by atoms with Gasteiger partial charge in [-0.25, -0.2) is 0 Å². The van der Waals surface area contributed by atoms with Gasteiger partial charge in [-0.05, 0) is 48.9 Å². The predicted molar refractivity (Wildman–Crippen MR) is 133 cm³/mol. The molecule has 1 aromatic heterocycles. The summed E-state index contributed by atoms with van der Waals surface area (Å²) in [5.74, 6) is 1.97. The fourth-order valence-corrected chi connectivity index (χ4v) is 4.19. The summed E-state index contributed by atoms with van der Waals surface area (Å²) in [5, 5.41) is 13.0. The number of nitrogens with zero attached hydrogens (tertiary/aromatic N) is 2. The fourth-order valence-electron chi connectivity index (χ4n) is 3.92. The van der Waals surface area contributed by atoms with E-state index in [4.69, 9.17) is 25.8 Å². The monoisotopic (exact) mass is 517 g/mol. The van der Waals surface area contributed by atoms with Crippen LogP contribution < -0.4 is 19.5 Å². The maximum Gasteiger partial charge on any atom is 0.417 e. The van der Waals surface area contributed by atoms with Crippen LogP contribution in [0.1, 0.15) is 16.8 Å². The lowest BCUT2D eigenvalue weighted by atomic mass is 9.98. The van der Waals surface area contributed by atoms with Crippen LogP contribution >= 0.6 is 11.6 Å². The Bertz CT molecular complexity index is 1430. The molecule has 4 rings (SSSR count). The van der Waals surface area contributed by atoms with Crippen molar-refractivity contribution in [2.24, 2.45) is 0 Å². The minimum atomic E-state index is -4.59. The molecule has 188 valence electrons. The van der Waals surface area contributed by atoms with Crippen molar-refractivity contribution in [1.29, 1.82) is 0 Å². The maximum absolute atomic E-state index is 13.3. The second-order valence-corrected chi connectivity index (χ2v) is 8.36. The molecule has 0 atom stereocenters. The van der Waals surface area contributed by atoms with E-state index in [1.807, 2.05) is 31.2 Å². The van der Waals surface area contributed by atoms with Crippen molar-refractivity contribution >= 4 is 28.2 Å². The standard InChI is InChI=1S/C26H23ClF3N3O3/c1-14-19-9-15(20-11-22(27)21(26(28,29)30)12-24(20)36-4)6-8-18(19)25(33-32-14)31-13-16-5-7-17(34-2)10-23(16)35-3/h5-12H,13H2,1-4H3,(H,31,33). The molecule has 0 aliphatic rings. The average molecular weight is 518 g/mol. The molecule has 0 radical (unpaired) electrons. The number of nitrogens with one attached hydrogen (secondary N) is 1. The van der Waals surface area contributed by atoms with E-state index in [1.54, 1.807) is 26.4 Å². The van der Waals surface area contributed by atoms with Gasteiger partial charge in [0.05, 0.1) is 37.6 Å². The zero-order valence-electron chi connectivity index (χ0n) is 20.0. The number of rotatable bonds is 7. The molecule has 0 saturated carbocycles. The summed E-state index contributed by atoms with van der Waals surface area (Å²) in [6.07, 6.45) is -4.59. The second-order valence-electron chi connectivity index (χ2n) is 7.96. The minimum absolute atomic E-state index is 0.0655. The highest BCUT2D eigenvalue weighted by molar-refractivity contribution is 6.31. The van der Waals surface area contributed by atoms with Crippen molar-refractivity contribution in [3.63, 3.8) is 0 Å². The Morgan fingerprint density at radius 1 is 0.861 bits per heavy atom. The van der Waals surface area contributed by atoms with Crippen LogP contribution in [0.25, 0.3) is 21.9 Å².